The number of allylic oxidation sites excluding steroid dienone is 2. The van der Waals surface area contributed by atoms with Crippen LogP contribution in [0, 0.1) is 17.8 Å². The maximum absolute atomic E-state index is 11.3. The zero-order valence-electron chi connectivity index (χ0n) is 22.0. The van der Waals surface area contributed by atoms with E-state index in [9.17, 15) is 9.90 Å². The van der Waals surface area contributed by atoms with Gasteiger partial charge in [0, 0.05) is 37.6 Å². The van der Waals surface area contributed by atoms with Crippen LogP contribution in [0.25, 0.3) is 5.57 Å². The summed E-state index contributed by atoms with van der Waals surface area (Å²) in [4.78, 5) is 24.5. The van der Waals surface area contributed by atoms with Crippen LogP contribution < -0.4 is 9.64 Å². The summed E-state index contributed by atoms with van der Waals surface area (Å²) < 4.78 is 6.42. The molecule has 3 aliphatic rings. The largest absolute Gasteiger partial charge is 0.493 e. The van der Waals surface area contributed by atoms with Crippen molar-refractivity contribution in [2.75, 3.05) is 37.7 Å². The van der Waals surface area contributed by atoms with E-state index in [-0.39, 0.29) is 12.6 Å². The third-order valence-corrected chi connectivity index (χ3v) is 8.66. The van der Waals surface area contributed by atoms with E-state index in [1.807, 2.05) is 12.4 Å². The van der Waals surface area contributed by atoms with Gasteiger partial charge in [0.05, 0.1) is 19.3 Å². The van der Waals surface area contributed by atoms with Crippen LogP contribution in [0.5, 0.6) is 5.75 Å². The molecule has 2 fully saturated rings. The van der Waals surface area contributed by atoms with Gasteiger partial charge >= 0.3 is 0 Å². The molecule has 2 aliphatic heterocycles. The van der Waals surface area contributed by atoms with Gasteiger partial charge in [-0.15, -0.1) is 0 Å². The number of hydrogen-bond acceptors (Lipinski definition) is 6. The Hall–Kier alpha value is -2.93. The smallest absolute Gasteiger partial charge is 0.225 e. The molecule has 0 bridgehead atoms. The zero-order valence-corrected chi connectivity index (χ0v) is 22.0. The lowest BCUT2D eigenvalue weighted by molar-refractivity contribution is -0.119. The normalized spacial score (nSPS) is 24.7. The third kappa shape index (κ3) is 5.98. The molecule has 1 aromatic heterocycles. The summed E-state index contributed by atoms with van der Waals surface area (Å²) in [5, 5.41) is 9.60. The fourth-order valence-electron chi connectivity index (χ4n) is 6.22. The van der Waals surface area contributed by atoms with E-state index in [2.05, 4.69) is 52.1 Å². The lowest BCUT2D eigenvalue weighted by atomic mass is 9.78. The fraction of sp³-hybridized carbons (Fsp3) is 0.567. The number of carbonyl (C=O) groups is 1. The molecule has 2 aromatic rings. The highest BCUT2D eigenvalue weighted by molar-refractivity contribution is 5.71. The average Bonchev–Trinajstić information content (AvgIpc) is 3.40. The van der Waals surface area contributed by atoms with E-state index in [0.717, 1.165) is 89.3 Å². The monoisotopic (exact) mass is 504 g/mol. The molecule has 0 radical (unpaired) electrons. The van der Waals surface area contributed by atoms with E-state index >= 15 is 0 Å². The second-order valence-electron chi connectivity index (χ2n) is 10.9. The van der Waals surface area contributed by atoms with Crippen LogP contribution in [0.4, 0.5) is 5.95 Å². The summed E-state index contributed by atoms with van der Waals surface area (Å²) in [5.41, 5.74) is 3.77. The molecule has 1 aliphatic carbocycles. The topological polar surface area (TPSA) is 78.8 Å². The van der Waals surface area contributed by atoms with Crippen LogP contribution in [0.2, 0.25) is 0 Å². The first-order valence-electron chi connectivity index (χ1n) is 14.0. The molecule has 1 amide bonds. The second-order valence-corrected chi connectivity index (χ2v) is 10.9. The number of rotatable bonds is 9. The van der Waals surface area contributed by atoms with Crippen LogP contribution in [-0.4, -0.2) is 65.3 Å². The molecule has 7 nitrogen and oxygen atoms in total. The first kappa shape index (κ1) is 25.7. The maximum Gasteiger partial charge on any atom is 0.225 e. The Balaban J connectivity index is 1.14. The predicted octanol–water partition coefficient (Wildman–Crippen LogP) is 4.36. The lowest BCUT2D eigenvalue weighted by Gasteiger charge is -2.32. The molecule has 1 aromatic carbocycles. The van der Waals surface area contributed by atoms with Gasteiger partial charge < -0.3 is 19.6 Å². The van der Waals surface area contributed by atoms with Crippen molar-refractivity contribution in [3.05, 3.63) is 53.9 Å². The van der Waals surface area contributed by atoms with E-state index < -0.39 is 0 Å². The molecular formula is C30H40N4O3. The van der Waals surface area contributed by atoms with Crippen molar-refractivity contribution < 1.29 is 14.6 Å². The highest BCUT2D eigenvalue weighted by Gasteiger charge is 2.36. The number of aliphatic hydroxyl groups excluding tert-OH is 1. The van der Waals surface area contributed by atoms with Gasteiger partial charge in [0.15, 0.2) is 0 Å². The highest BCUT2D eigenvalue weighted by Crippen LogP contribution is 2.40. The summed E-state index contributed by atoms with van der Waals surface area (Å²) >= 11 is 0. The van der Waals surface area contributed by atoms with Crippen molar-refractivity contribution in [2.24, 2.45) is 17.8 Å². The second kappa shape index (κ2) is 12.1. The summed E-state index contributed by atoms with van der Waals surface area (Å²) in [6.07, 6.45) is 14.4. The average molecular weight is 505 g/mol. The number of carbonyl (C=O) groups excluding carboxylic acids is 1. The number of hydrogen-bond donors (Lipinski definition) is 1. The molecule has 0 spiro atoms. The molecule has 198 valence electrons. The summed E-state index contributed by atoms with van der Waals surface area (Å²) in [7, 11) is 0. The van der Waals surface area contributed by atoms with Gasteiger partial charge in [-0.3, -0.25) is 4.79 Å². The van der Waals surface area contributed by atoms with Crippen LogP contribution in [0.3, 0.4) is 0 Å². The summed E-state index contributed by atoms with van der Waals surface area (Å²) in [6.45, 7) is 5.63. The quantitative estimate of drug-likeness (QED) is 0.512. The van der Waals surface area contributed by atoms with Gasteiger partial charge in [-0.1, -0.05) is 31.2 Å². The van der Waals surface area contributed by atoms with Crippen molar-refractivity contribution in [1.82, 2.24) is 14.9 Å². The number of ether oxygens (including phenoxy) is 1. The Morgan fingerprint density at radius 1 is 1.11 bits per heavy atom. The minimum Gasteiger partial charge on any atom is -0.493 e. The highest BCUT2D eigenvalue weighted by atomic mass is 16.5. The number of aryl methyl sites for hydroxylation is 1. The standard InChI is InChI=1S/C30H40N4O3/c1-2-22-16-31-30(32-17-22)33-13-11-23(12-14-33)20-37-29-6-4-3-5-28(29)25-9-7-24(8-10-25)26-15-27(19-35)34(18-26)21-36/h3-6,9,16-17,21,23-24,26-27,35H,2,7-8,10-15,18-20H2,1H3/t24?,26?,27-/m0/s1. The van der Waals surface area contributed by atoms with Gasteiger partial charge in [-0.05, 0) is 79.9 Å². The lowest BCUT2D eigenvalue weighted by Crippen LogP contribution is -2.36. The van der Waals surface area contributed by atoms with Crippen LogP contribution in [0.1, 0.15) is 56.6 Å². The predicted molar refractivity (Wildman–Crippen MR) is 145 cm³/mol. The number of nitrogens with zero attached hydrogens (tertiary/aromatic N) is 4. The minimum absolute atomic E-state index is 0.0111. The van der Waals surface area contributed by atoms with Gasteiger partial charge in [-0.25, -0.2) is 9.97 Å². The maximum atomic E-state index is 11.3. The van der Waals surface area contributed by atoms with Crippen molar-refractivity contribution in [1.29, 1.82) is 0 Å². The molecule has 3 atom stereocenters. The molecule has 2 saturated heterocycles. The molecule has 37 heavy (non-hydrogen) atoms. The number of aromatic nitrogens is 2. The Labute approximate surface area is 220 Å². The van der Waals surface area contributed by atoms with E-state index in [0.29, 0.717) is 17.8 Å². The number of piperidine rings is 1. The Bertz CT molecular complexity index is 1060. The molecule has 0 saturated carbocycles. The zero-order chi connectivity index (χ0) is 25.6. The van der Waals surface area contributed by atoms with E-state index in [1.165, 1.54) is 16.7 Å². The summed E-state index contributed by atoms with van der Waals surface area (Å²) in [6, 6.07) is 8.44. The molecular weight excluding hydrogens is 464 g/mol. The van der Waals surface area contributed by atoms with E-state index in [4.69, 9.17) is 4.74 Å². The molecule has 1 N–H and O–H groups in total. The Morgan fingerprint density at radius 2 is 1.89 bits per heavy atom. The Morgan fingerprint density at radius 3 is 2.54 bits per heavy atom. The van der Waals surface area contributed by atoms with Crippen LogP contribution >= 0.6 is 0 Å². The number of anilines is 1. The number of benzene rings is 1. The van der Waals surface area contributed by atoms with E-state index in [1.54, 1.807) is 4.90 Å². The van der Waals surface area contributed by atoms with Crippen molar-refractivity contribution in [3.63, 3.8) is 0 Å². The van der Waals surface area contributed by atoms with Crippen molar-refractivity contribution in [3.8, 4) is 5.75 Å². The molecule has 2 unspecified atom stereocenters. The molecule has 7 heteroatoms. The fourth-order valence-corrected chi connectivity index (χ4v) is 6.22. The number of likely N-dealkylation sites (tertiary alicyclic amines) is 1. The van der Waals surface area contributed by atoms with Crippen molar-refractivity contribution in [2.45, 2.75) is 57.9 Å². The van der Waals surface area contributed by atoms with Crippen molar-refractivity contribution >= 4 is 17.9 Å². The third-order valence-electron chi connectivity index (χ3n) is 8.66. The minimum atomic E-state index is -0.0111. The number of para-hydroxylation sites is 1. The number of aliphatic hydroxyl groups is 1. The Kier molecular flexibility index (Phi) is 8.39. The van der Waals surface area contributed by atoms with Crippen LogP contribution in [0.15, 0.2) is 42.7 Å². The molecule has 3 heterocycles. The molecule has 5 rings (SSSR count). The van der Waals surface area contributed by atoms with Gasteiger partial charge in [0.1, 0.15) is 5.75 Å². The van der Waals surface area contributed by atoms with Gasteiger partial charge in [0.2, 0.25) is 12.4 Å². The first-order chi connectivity index (χ1) is 18.2. The SMILES string of the molecule is CCc1cnc(N2CCC(COc3ccccc3C3=CCC(C4C[C@@H](CO)N(C=O)C4)CC3)CC2)nc1. The number of amides is 1. The first-order valence-corrected chi connectivity index (χ1v) is 14.0. The van der Waals surface area contributed by atoms with Gasteiger partial charge in [0.25, 0.3) is 0 Å². The summed E-state index contributed by atoms with van der Waals surface area (Å²) in [5.74, 6) is 3.41. The van der Waals surface area contributed by atoms with Gasteiger partial charge in [-0.2, -0.15) is 0 Å². The van der Waals surface area contributed by atoms with Crippen LogP contribution in [-0.2, 0) is 11.2 Å².